The van der Waals surface area contributed by atoms with Gasteiger partial charge in [0.2, 0.25) is 0 Å². The van der Waals surface area contributed by atoms with Gasteiger partial charge in [-0.25, -0.2) is 9.97 Å². The van der Waals surface area contributed by atoms with Crippen molar-refractivity contribution in [3.63, 3.8) is 0 Å². The van der Waals surface area contributed by atoms with Crippen LogP contribution in [0.15, 0.2) is 0 Å². The van der Waals surface area contributed by atoms with E-state index in [1.807, 2.05) is 14.0 Å². The summed E-state index contributed by atoms with van der Waals surface area (Å²) in [6.45, 7) is 7.96. The lowest BCUT2D eigenvalue weighted by atomic mass is 10.2. The van der Waals surface area contributed by atoms with E-state index in [2.05, 4.69) is 34.4 Å². The monoisotopic (exact) mass is 266 g/mol. The molecule has 1 aromatic rings. The van der Waals surface area contributed by atoms with E-state index in [4.69, 9.17) is 4.74 Å². The van der Waals surface area contributed by atoms with E-state index in [1.54, 1.807) is 7.11 Å². The lowest BCUT2D eigenvalue weighted by Crippen LogP contribution is -2.11. The number of nitrogens with one attached hydrogen (secondary N) is 2. The van der Waals surface area contributed by atoms with Gasteiger partial charge in [0.05, 0.1) is 0 Å². The van der Waals surface area contributed by atoms with Gasteiger partial charge in [-0.1, -0.05) is 13.8 Å². The maximum atomic E-state index is 5.04. The van der Waals surface area contributed by atoms with Crippen LogP contribution < -0.4 is 10.6 Å². The first kappa shape index (κ1) is 15.7. The molecule has 0 saturated heterocycles. The molecule has 0 atom stereocenters. The van der Waals surface area contributed by atoms with E-state index >= 15 is 0 Å². The minimum atomic E-state index is 0.321. The summed E-state index contributed by atoms with van der Waals surface area (Å²) >= 11 is 0. The van der Waals surface area contributed by atoms with Crippen LogP contribution in [-0.2, 0) is 4.74 Å². The van der Waals surface area contributed by atoms with Gasteiger partial charge in [0.1, 0.15) is 17.5 Å². The fraction of sp³-hybridized carbons (Fsp3) is 0.714. The zero-order valence-corrected chi connectivity index (χ0v) is 12.7. The van der Waals surface area contributed by atoms with Crippen LogP contribution in [0.3, 0.4) is 0 Å². The Kier molecular flexibility index (Phi) is 6.56. The lowest BCUT2D eigenvalue weighted by Gasteiger charge is -2.15. The quantitative estimate of drug-likeness (QED) is 0.709. The molecule has 5 nitrogen and oxygen atoms in total. The molecule has 0 aliphatic rings. The van der Waals surface area contributed by atoms with Crippen LogP contribution in [-0.4, -0.2) is 37.3 Å². The number of hydrogen-bond donors (Lipinski definition) is 2. The molecule has 0 unspecified atom stereocenters. The number of unbranched alkanes of at least 4 members (excludes halogenated alkanes) is 1. The molecule has 108 valence electrons. The Balaban J connectivity index is 2.72. The molecule has 2 N–H and O–H groups in total. The van der Waals surface area contributed by atoms with Gasteiger partial charge in [-0.3, -0.25) is 0 Å². The largest absolute Gasteiger partial charge is 0.385 e. The molecule has 0 radical (unpaired) electrons. The first-order valence-corrected chi connectivity index (χ1v) is 6.89. The summed E-state index contributed by atoms with van der Waals surface area (Å²) in [5, 5.41) is 6.53. The van der Waals surface area contributed by atoms with E-state index in [0.717, 1.165) is 49.0 Å². The third-order valence-electron chi connectivity index (χ3n) is 2.98. The van der Waals surface area contributed by atoms with Crippen molar-refractivity contribution >= 4 is 11.6 Å². The Bertz CT molecular complexity index is 393. The summed E-state index contributed by atoms with van der Waals surface area (Å²) < 4.78 is 5.04. The summed E-state index contributed by atoms with van der Waals surface area (Å²) in [6.07, 6.45) is 2.13. The summed E-state index contributed by atoms with van der Waals surface area (Å²) in [5.74, 6) is 3.02. The molecule has 0 aliphatic carbocycles. The number of rotatable bonds is 8. The van der Waals surface area contributed by atoms with Gasteiger partial charge < -0.3 is 15.4 Å². The van der Waals surface area contributed by atoms with Crippen LogP contribution in [0.5, 0.6) is 0 Å². The molecular weight excluding hydrogens is 240 g/mol. The van der Waals surface area contributed by atoms with Crippen molar-refractivity contribution in [3.8, 4) is 0 Å². The van der Waals surface area contributed by atoms with Crippen LogP contribution in [0.1, 0.15) is 44.0 Å². The average molecular weight is 266 g/mol. The topological polar surface area (TPSA) is 59.1 Å². The van der Waals surface area contributed by atoms with Crippen molar-refractivity contribution < 1.29 is 4.74 Å². The Morgan fingerprint density at radius 3 is 2.42 bits per heavy atom. The van der Waals surface area contributed by atoms with E-state index in [9.17, 15) is 0 Å². The summed E-state index contributed by atoms with van der Waals surface area (Å²) in [5.41, 5.74) is 1.07. The maximum Gasteiger partial charge on any atom is 0.135 e. The van der Waals surface area contributed by atoms with Crippen molar-refractivity contribution in [2.24, 2.45) is 0 Å². The van der Waals surface area contributed by atoms with E-state index in [0.29, 0.717) is 5.92 Å². The molecule has 1 heterocycles. The third-order valence-corrected chi connectivity index (χ3v) is 2.98. The number of aromatic nitrogens is 2. The zero-order chi connectivity index (χ0) is 14.3. The second-order valence-corrected chi connectivity index (χ2v) is 4.94. The number of ether oxygens (including phenoxy) is 1. The van der Waals surface area contributed by atoms with Crippen molar-refractivity contribution in [2.45, 2.75) is 39.5 Å². The molecule has 1 aromatic heterocycles. The van der Waals surface area contributed by atoms with Crippen LogP contribution in [0.25, 0.3) is 0 Å². The van der Waals surface area contributed by atoms with Crippen molar-refractivity contribution in [1.29, 1.82) is 0 Å². The van der Waals surface area contributed by atoms with Gasteiger partial charge in [-0.05, 0) is 19.8 Å². The first-order chi connectivity index (χ1) is 9.10. The Morgan fingerprint density at radius 1 is 1.16 bits per heavy atom. The van der Waals surface area contributed by atoms with Crippen LogP contribution >= 0.6 is 0 Å². The van der Waals surface area contributed by atoms with Gasteiger partial charge in [-0.15, -0.1) is 0 Å². The van der Waals surface area contributed by atoms with E-state index in [-0.39, 0.29) is 0 Å². The highest BCUT2D eigenvalue weighted by Crippen LogP contribution is 2.22. The smallest absolute Gasteiger partial charge is 0.135 e. The predicted octanol–water partition coefficient (Wildman–Crippen LogP) is 2.79. The fourth-order valence-corrected chi connectivity index (χ4v) is 1.79. The van der Waals surface area contributed by atoms with Crippen LogP contribution in [0, 0.1) is 6.92 Å². The molecule has 0 bridgehead atoms. The highest BCUT2D eigenvalue weighted by Gasteiger charge is 2.11. The number of nitrogens with zero attached hydrogens (tertiary/aromatic N) is 2. The van der Waals surface area contributed by atoms with Gasteiger partial charge in [0, 0.05) is 38.8 Å². The number of methoxy groups -OCH3 is 1. The zero-order valence-electron chi connectivity index (χ0n) is 12.7. The Morgan fingerprint density at radius 2 is 1.84 bits per heavy atom. The van der Waals surface area contributed by atoms with Gasteiger partial charge in [0.15, 0.2) is 0 Å². The molecular formula is C14H26N4O. The van der Waals surface area contributed by atoms with Gasteiger partial charge in [-0.2, -0.15) is 0 Å². The summed E-state index contributed by atoms with van der Waals surface area (Å²) in [6, 6.07) is 0. The number of hydrogen-bond acceptors (Lipinski definition) is 5. The van der Waals surface area contributed by atoms with Crippen molar-refractivity contribution in [3.05, 3.63) is 11.4 Å². The van der Waals surface area contributed by atoms with Gasteiger partial charge in [0.25, 0.3) is 0 Å². The molecule has 19 heavy (non-hydrogen) atoms. The molecule has 0 spiro atoms. The highest BCUT2D eigenvalue weighted by atomic mass is 16.5. The third kappa shape index (κ3) is 4.67. The fourth-order valence-electron chi connectivity index (χ4n) is 1.79. The maximum absolute atomic E-state index is 5.04. The molecule has 1 rings (SSSR count). The van der Waals surface area contributed by atoms with Crippen LogP contribution in [0.4, 0.5) is 11.6 Å². The minimum absolute atomic E-state index is 0.321. The lowest BCUT2D eigenvalue weighted by molar-refractivity contribution is 0.194. The van der Waals surface area contributed by atoms with E-state index < -0.39 is 0 Å². The molecule has 0 amide bonds. The highest BCUT2D eigenvalue weighted by molar-refractivity contribution is 5.57. The predicted molar refractivity (Wildman–Crippen MR) is 80.0 cm³/mol. The van der Waals surface area contributed by atoms with Crippen molar-refractivity contribution in [1.82, 2.24) is 9.97 Å². The number of anilines is 2. The second kappa shape index (κ2) is 7.94. The Hall–Kier alpha value is -1.36. The summed E-state index contributed by atoms with van der Waals surface area (Å²) in [4.78, 5) is 9.13. The molecule has 5 heteroatoms. The molecule has 0 aliphatic heterocycles. The van der Waals surface area contributed by atoms with Crippen molar-refractivity contribution in [2.75, 3.05) is 37.9 Å². The summed E-state index contributed by atoms with van der Waals surface area (Å²) in [7, 11) is 3.62. The van der Waals surface area contributed by atoms with Gasteiger partial charge >= 0.3 is 0 Å². The van der Waals surface area contributed by atoms with E-state index in [1.165, 1.54) is 0 Å². The minimum Gasteiger partial charge on any atom is -0.385 e. The second-order valence-electron chi connectivity index (χ2n) is 4.94. The molecule has 0 fully saturated rings. The average Bonchev–Trinajstić information content (AvgIpc) is 2.40. The standard InChI is InChI=1S/C14H26N4O/c1-10(2)12-17-13(15-4)11(3)14(18-12)16-8-6-7-9-19-5/h10H,6-9H2,1-5H3,(H2,15,16,17,18). The molecule has 0 saturated carbocycles. The van der Waals surface area contributed by atoms with Crippen LogP contribution in [0.2, 0.25) is 0 Å². The normalized spacial score (nSPS) is 10.8. The molecule has 0 aromatic carbocycles. The first-order valence-electron chi connectivity index (χ1n) is 6.89. The SMILES string of the molecule is CNc1nc(C(C)C)nc(NCCCCOC)c1C. The Labute approximate surface area is 116 Å².